The van der Waals surface area contributed by atoms with E-state index in [1.165, 1.54) is 7.05 Å². The van der Waals surface area contributed by atoms with Gasteiger partial charge in [-0.05, 0) is 23.8 Å². The molecule has 0 bridgehead atoms. The van der Waals surface area contributed by atoms with Crippen molar-refractivity contribution in [3.8, 4) is 16.9 Å². The fourth-order valence-corrected chi connectivity index (χ4v) is 4.68. The minimum absolute atomic E-state index is 0.0311. The smallest absolute Gasteiger partial charge is 0.251 e. The van der Waals surface area contributed by atoms with Crippen LogP contribution in [0.1, 0.15) is 15.9 Å². The lowest BCUT2D eigenvalue weighted by atomic mass is 10.0. The van der Waals surface area contributed by atoms with Gasteiger partial charge in [-0.25, -0.2) is 17.2 Å². The number of nitrogens with one attached hydrogen (secondary N) is 1. The number of halogens is 3. The maximum Gasteiger partial charge on any atom is 0.251 e. The standard InChI is InChI=1S/C21H16ClF2NO4S/c1-25-21(27)13-8-16(22)20(26)19(9-13)30(28,29)11-14-7-15(18(24)10-17(14)23)12-5-3-2-4-6-12/h2-10,26H,11H2,1H3,(H,25,27). The summed E-state index contributed by atoms with van der Waals surface area (Å²) in [6, 6.07) is 12.1. The van der Waals surface area contributed by atoms with Crippen LogP contribution in [-0.2, 0) is 15.6 Å². The molecule has 0 aliphatic carbocycles. The Kier molecular flexibility index (Phi) is 6.09. The SMILES string of the molecule is CNC(=O)c1cc(Cl)c(O)c(S(=O)(=O)Cc2cc(-c3ccccc3)c(F)cc2F)c1. The van der Waals surface area contributed by atoms with E-state index in [-0.39, 0.29) is 21.7 Å². The topological polar surface area (TPSA) is 83.5 Å². The van der Waals surface area contributed by atoms with Gasteiger partial charge in [-0.3, -0.25) is 4.79 Å². The van der Waals surface area contributed by atoms with Crippen LogP contribution in [0.4, 0.5) is 8.78 Å². The molecule has 0 radical (unpaired) electrons. The van der Waals surface area contributed by atoms with E-state index in [1.807, 2.05) is 0 Å². The van der Waals surface area contributed by atoms with Crippen molar-refractivity contribution in [3.05, 3.63) is 82.4 Å². The zero-order valence-electron chi connectivity index (χ0n) is 15.6. The number of benzene rings is 3. The average Bonchev–Trinajstić information content (AvgIpc) is 2.71. The Labute approximate surface area is 176 Å². The highest BCUT2D eigenvalue weighted by atomic mass is 35.5. The molecule has 30 heavy (non-hydrogen) atoms. The maximum absolute atomic E-state index is 14.4. The van der Waals surface area contributed by atoms with E-state index in [9.17, 15) is 27.1 Å². The van der Waals surface area contributed by atoms with Crippen LogP contribution in [0.5, 0.6) is 5.75 Å². The molecule has 0 saturated carbocycles. The van der Waals surface area contributed by atoms with E-state index in [4.69, 9.17) is 11.6 Å². The second kappa shape index (κ2) is 8.41. The second-order valence-electron chi connectivity index (χ2n) is 6.43. The molecule has 0 aromatic heterocycles. The predicted octanol–water partition coefficient (Wildman–Crippen LogP) is 4.32. The summed E-state index contributed by atoms with van der Waals surface area (Å²) in [5, 5.41) is 12.1. The summed E-state index contributed by atoms with van der Waals surface area (Å²) < 4.78 is 54.5. The average molecular weight is 452 g/mol. The number of phenols is 1. The second-order valence-corrected chi connectivity index (χ2v) is 8.80. The number of hydrogen-bond acceptors (Lipinski definition) is 4. The fraction of sp³-hybridized carbons (Fsp3) is 0.0952. The molecular formula is C21H16ClF2NO4S. The molecular weight excluding hydrogens is 436 g/mol. The third kappa shape index (κ3) is 4.29. The van der Waals surface area contributed by atoms with Crippen molar-refractivity contribution in [1.82, 2.24) is 5.32 Å². The van der Waals surface area contributed by atoms with Crippen molar-refractivity contribution in [2.75, 3.05) is 7.05 Å². The molecule has 0 saturated heterocycles. The number of carbonyl (C=O) groups is 1. The fourth-order valence-electron chi connectivity index (χ4n) is 2.91. The Morgan fingerprint density at radius 1 is 1.07 bits per heavy atom. The van der Waals surface area contributed by atoms with Gasteiger partial charge in [-0.2, -0.15) is 0 Å². The molecule has 0 spiro atoms. The van der Waals surface area contributed by atoms with Gasteiger partial charge in [-0.15, -0.1) is 0 Å². The van der Waals surface area contributed by atoms with Crippen molar-refractivity contribution < 1.29 is 27.1 Å². The van der Waals surface area contributed by atoms with Crippen LogP contribution in [-0.4, -0.2) is 26.5 Å². The lowest BCUT2D eigenvalue weighted by Gasteiger charge is -2.12. The lowest BCUT2D eigenvalue weighted by molar-refractivity contribution is 0.0963. The van der Waals surface area contributed by atoms with Gasteiger partial charge < -0.3 is 10.4 Å². The molecule has 156 valence electrons. The van der Waals surface area contributed by atoms with Gasteiger partial charge in [0, 0.05) is 29.8 Å². The number of amides is 1. The van der Waals surface area contributed by atoms with E-state index >= 15 is 0 Å². The third-order valence-electron chi connectivity index (χ3n) is 4.42. The number of phenolic OH excluding ortho intramolecular Hbond substituents is 1. The minimum atomic E-state index is -4.34. The highest BCUT2D eigenvalue weighted by Gasteiger charge is 2.26. The largest absolute Gasteiger partial charge is 0.505 e. The number of hydrogen-bond donors (Lipinski definition) is 2. The summed E-state index contributed by atoms with van der Waals surface area (Å²) in [5.41, 5.74) is 0.0873. The molecule has 0 fully saturated rings. The van der Waals surface area contributed by atoms with E-state index in [2.05, 4.69) is 5.32 Å². The van der Waals surface area contributed by atoms with Gasteiger partial charge in [-0.1, -0.05) is 41.9 Å². The minimum Gasteiger partial charge on any atom is -0.505 e. The molecule has 3 aromatic rings. The molecule has 0 unspecified atom stereocenters. The van der Waals surface area contributed by atoms with E-state index in [1.54, 1.807) is 30.3 Å². The van der Waals surface area contributed by atoms with Crippen LogP contribution >= 0.6 is 11.6 Å². The summed E-state index contributed by atoms with van der Waals surface area (Å²) in [6.45, 7) is 0. The zero-order chi connectivity index (χ0) is 22.1. The van der Waals surface area contributed by atoms with Crippen LogP contribution in [0.25, 0.3) is 11.1 Å². The first-order valence-electron chi connectivity index (χ1n) is 8.64. The van der Waals surface area contributed by atoms with Gasteiger partial charge in [0.2, 0.25) is 0 Å². The van der Waals surface area contributed by atoms with Gasteiger partial charge in [0.15, 0.2) is 15.6 Å². The number of sulfone groups is 1. The summed E-state index contributed by atoms with van der Waals surface area (Å²) in [4.78, 5) is 11.2. The highest BCUT2D eigenvalue weighted by Crippen LogP contribution is 2.35. The Balaban J connectivity index is 2.08. The molecule has 3 rings (SSSR count). The van der Waals surface area contributed by atoms with Crippen molar-refractivity contribution in [2.24, 2.45) is 0 Å². The number of aromatic hydroxyl groups is 1. The van der Waals surface area contributed by atoms with Crippen molar-refractivity contribution in [3.63, 3.8) is 0 Å². The van der Waals surface area contributed by atoms with Crippen LogP contribution in [0, 0.1) is 11.6 Å². The third-order valence-corrected chi connectivity index (χ3v) is 6.38. The summed E-state index contributed by atoms with van der Waals surface area (Å²) >= 11 is 5.87. The van der Waals surface area contributed by atoms with Crippen LogP contribution in [0.3, 0.4) is 0 Å². The highest BCUT2D eigenvalue weighted by molar-refractivity contribution is 7.90. The summed E-state index contributed by atoms with van der Waals surface area (Å²) in [7, 11) is -3.00. The maximum atomic E-state index is 14.4. The van der Waals surface area contributed by atoms with Gasteiger partial charge in [0.1, 0.15) is 16.5 Å². The molecule has 0 heterocycles. The number of rotatable bonds is 5. The Bertz CT molecular complexity index is 1230. The van der Waals surface area contributed by atoms with Crippen LogP contribution in [0.2, 0.25) is 5.02 Å². The Morgan fingerprint density at radius 2 is 1.73 bits per heavy atom. The van der Waals surface area contributed by atoms with Crippen molar-refractivity contribution >= 4 is 27.3 Å². The molecule has 5 nitrogen and oxygen atoms in total. The predicted molar refractivity (Wildman–Crippen MR) is 109 cm³/mol. The molecule has 3 aromatic carbocycles. The van der Waals surface area contributed by atoms with Gasteiger partial charge >= 0.3 is 0 Å². The summed E-state index contributed by atoms with van der Waals surface area (Å²) in [6.07, 6.45) is 0. The first-order valence-corrected chi connectivity index (χ1v) is 10.7. The van der Waals surface area contributed by atoms with Crippen LogP contribution in [0.15, 0.2) is 59.5 Å². The molecule has 0 atom stereocenters. The normalized spacial score (nSPS) is 11.3. The molecule has 9 heteroatoms. The number of carbonyl (C=O) groups excluding carboxylic acids is 1. The molecule has 2 N–H and O–H groups in total. The summed E-state index contributed by atoms with van der Waals surface area (Å²) in [5.74, 6) is -4.14. The lowest BCUT2D eigenvalue weighted by Crippen LogP contribution is -2.18. The zero-order valence-corrected chi connectivity index (χ0v) is 17.2. The van der Waals surface area contributed by atoms with E-state index in [0.29, 0.717) is 11.6 Å². The van der Waals surface area contributed by atoms with Crippen molar-refractivity contribution in [2.45, 2.75) is 10.6 Å². The molecule has 1 amide bonds. The molecule has 0 aliphatic rings. The monoisotopic (exact) mass is 451 g/mol. The van der Waals surface area contributed by atoms with Gasteiger partial charge in [0.25, 0.3) is 5.91 Å². The molecule has 0 aliphatic heterocycles. The quantitative estimate of drug-likeness (QED) is 0.605. The Hall–Kier alpha value is -2.97. The first-order chi connectivity index (χ1) is 14.1. The van der Waals surface area contributed by atoms with Crippen LogP contribution < -0.4 is 5.32 Å². The Morgan fingerprint density at radius 3 is 2.37 bits per heavy atom. The first kappa shape index (κ1) is 21.7. The van der Waals surface area contributed by atoms with E-state index in [0.717, 1.165) is 18.2 Å². The van der Waals surface area contributed by atoms with E-state index < -0.39 is 43.8 Å². The van der Waals surface area contributed by atoms with Crippen molar-refractivity contribution in [1.29, 1.82) is 0 Å². The van der Waals surface area contributed by atoms with Gasteiger partial charge in [0.05, 0.1) is 10.8 Å².